The number of rotatable bonds is 4. The molecular formula is C13H12BrF2N3O. The SMILES string of the molecule is COc1cnccc1C(NN)c1c(F)ccc(Br)c1F. The molecule has 0 saturated heterocycles. The van der Waals surface area contributed by atoms with Gasteiger partial charge in [0.05, 0.1) is 23.8 Å². The molecule has 0 aliphatic carbocycles. The highest BCUT2D eigenvalue weighted by Crippen LogP contribution is 2.33. The first-order valence-electron chi connectivity index (χ1n) is 5.67. The van der Waals surface area contributed by atoms with E-state index in [1.807, 2.05) is 0 Å². The van der Waals surface area contributed by atoms with E-state index in [1.165, 1.54) is 31.6 Å². The number of halogens is 3. The number of nitrogens with one attached hydrogen (secondary N) is 1. The van der Waals surface area contributed by atoms with Crippen molar-refractivity contribution in [2.45, 2.75) is 6.04 Å². The zero-order valence-electron chi connectivity index (χ0n) is 10.5. The fraction of sp³-hybridized carbons (Fsp3) is 0.154. The predicted octanol–water partition coefficient (Wildman–Crippen LogP) is 2.68. The molecule has 20 heavy (non-hydrogen) atoms. The van der Waals surface area contributed by atoms with Crippen molar-refractivity contribution in [2.24, 2.45) is 5.84 Å². The zero-order chi connectivity index (χ0) is 14.7. The van der Waals surface area contributed by atoms with E-state index in [0.29, 0.717) is 11.3 Å². The third-order valence-electron chi connectivity index (χ3n) is 2.88. The van der Waals surface area contributed by atoms with Gasteiger partial charge >= 0.3 is 0 Å². The summed E-state index contributed by atoms with van der Waals surface area (Å²) in [6.45, 7) is 0. The number of benzene rings is 1. The molecule has 1 aromatic carbocycles. The van der Waals surface area contributed by atoms with Gasteiger partial charge in [0.15, 0.2) is 0 Å². The van der Waals surface area contributed by atoms with Crippen LogP contribution in [0.25, 0.3) is 0 Å². The molecule has 106 valence electrons. The molecule has 0 aliphatic heterocycles. The Labute approximate surface area is 123 Å². The minimum absolute atomic E-state index is 0.155. The van der Waals surface area contributed by atoms with Gasteiger partial charge in [0.25, 0.3) is 0 Å². The Kier molecular flexibility index (Phi) is 4.64. The maximum atomic E-state index is 14.2. The summed E-state index contributed by atoms with van der Waals surface area (Å²) in [6, 6.07) is 3.15. The maximum absolute atomic E-state index is 14.2. The van der Waals surface area contributed by atoms with Crippen LogP contribution in [-0.2, 0) is 0 Å². The van der Waals surface area contributed by atoms with E-state index >= 15 is 0 Å². The fourth-order valence-electron chi connectivity index (χ4n) is 1.94. The Morgan fingerprint density at radius 3 is 2.75 bits per heavy atom. The summed E-state index contributed by atoms with van der Waals surface area (Å²) in [6.07, 6.45) is 2.95. The quantitative estimate of drug-likeness (QED) is 0.509. The molecule has 3 N–H and O–H groups in total. The van der Waals surface area contributed by atoms with Crippen LogP contribution < -0.4 is 16.0 Å². The molecule has 1 atom stereocenters. The molecule has 0 radical (unpaired) electrons. The van der Waals surface area contributed by atoms with Gasteiger partial charge in [-0.2, -0.15) is 0 Å². The summed E-state index contributed by atoms with van der Waals surface area (Å²) >= 11 is 3.03. The second-order valence-electron chi connectivity index (χ2n) is 3.97. The molecule has 2 rings (SSSR count). The van der Waals surface area contributed by atoms with E-state index in [1.54, 1.807) is 6.07 Å². The van der Waals surface area contributed by atoms with Gasteiger partial charge in [0, 0.05) is 17.3 Å². The molecule has 0 bridgehead atoms. The highest BCUT2D eigenvalue weighted by molar-refractivity contribution is 9.10. The van der Waals surface area contributed by atoms with Gasteiger partial charge in [-0.25, -0.2) is 14.2 Å². The van der Waals surface area contributed by atoms with Crippen LogP contribution in [0.3, 0.4) is 0 Å². The molecule has 0 spiro atoms. The first-order valence-corrected chi connectivity index (χ1v) is 6.46. The van der Waals surface area contributed by atoms with Crippen molar-refractivity contribution in [1.29, 1.82) is 0 Å². The van der Waals surface area contributed by atoms with E-state index in [-0.39, 0.29) is 10.0 Å². The smallest absolute Gasteiger partial charge is 0.145 e. The van der Waals surface area contributed by atoms with E-state index < -0.39 is 17.7 Å². The van der Waals surface area contributed by atoms with Crippen LogP contribution in [0, 0.1) is 11.6 Å². The highest BCUT2D eigenvalue weighted by atomic mass is 79.9. The summed E-state index contributed by atoms with van der Waals surface area (Å²) in [5.41, 5.74) is 2.71. The standard InChI is InChI=1S/C13H12BrF2N3O/c1-20-10-6-18-5-4-7(10)13(19-17)11-9(15)3-2-8(14)12(11)16/h2-6,13,19H,17H2,1H3. The lowest BCUT2D eigenvalue weighted by molar-refractivity contribution is 0.399. The maximum Gasteiger partial charge on any atom is 0.145 e. The number of hydrogen-bond acceptors (Lipinski definition) is 4. The number of ether oxygens (including phenoxy) is 1. The van der Waals surface area contributed by atoms with E-state index in [9.17, 15) is 8.78 Å². The van der Waals surface area contributed by atoms with Gasteiger partial charge in [-0.05, 0) is 34.1 Å². The monoisotopic (exact) mass is 343 g/mol. The van der Waals surface area contributed by atoms with Crippen LogP contribution in [0.2, 0.25) is 0 Å². The number of methoxy groups -OCH3 is 1. The van der Waals surface area contributed by atoms with Crippen molar-refractivity contribution >= 4 is 15.9 Å². The third-order valence-corrected chi connectivity index (χ3v) is 3.49. The average Bonchev–Trinajstić information content (AvgIpc) is 2.47. The lowest BCUT2D eigenvalue weighted by atomic mass is 9.98. The van der Waals surface area contributed by atoms with Gasteiger partial charge in [0.2, 0.25) is 0 Å². The number of hydrazine groups is 1. The summed E-state index contributed by atoms with van der Waals surface area (Å²) < 4.78 is 33.5. The Hall–Kier alpha value is -1.57. The van der Waals surface area contributed by atoms with Crippen LogP contribution in [-0.4, -0.2) is 12.1 Å². The van der Waals surface area contributed by atoms with Crippen molar-refractivity contribution in [3.63, 3.8) is 0 Å². The van der Waals surface area contributed by atoms with Crippen LogP contribution >= 0.6 is 15.9 Å². The second kappa shape index (κ2) is 6.25. The lowest BCUT2D eigenvalue weighted by Gasteiger charge is -2.20. The summed E-state index contributed by atoms with van der Waals surface area (Å²) in [7, 11) is 1.45. The van der Waals surface area contributed by atoms with Crippen molar-refractivity contribution in [3.05, 3.63) is 57.8 Å². The fourth-order valence-corrected chi connectivity index (χ4v) is 2.28. The van der Waals surface area contributed by atoms with Crippen LogP contribution in [0.5, 0.6) is 5.75 Å². The molecule has 0 aliphatic rings. The van der Waals surface area contributed by atoms with Crippen LogP contribution in [0.1, 0.15) is 17.2 Å². The largest absolute Gasteiger partial charge is 0.495 e. The summed E-state index contributed by atoms with van der Waals surface area (Å²) in [4.78, 5) is 3.90. The molecule has 1 unspecified atom stereocenters. The molecule has 1 aromatic heterocycles. The molecular weight excluding hydrogens is 332 g/mol. The molecule has 1 heterocycles. The van der Waals surface area contributed by atoms with Crippen LogP contribution in [0.15, 0.2) is 35.1 Å². The highest BCUT2D eigenvalue weighted by Gasteiger charge is 2.25. The second-order valence-corrected chi connectivity index (χ2v) is 4.83. The lowest BCUT2D eigenvalue weighted by Crippen LogP contribution is -2.30. The molecule has 0 saturated carbocycles. The first-order chi connectivity index (χ1) is 9.60. The first kappa shape index (κ1) is 14.8. The topological polar surface area (TPSA) is 60.2 Å². The molecule has 0 fully saturated rings. The Morgan fingerprint density at radius 2 is 2.10 bits per heavy atom. The minimum atomic E-state index is -0.898. The van der Waals surface area contributed by atoms with Crippen LogP contribution in [0.4, 0.5) is 8.78 Å². The average molecular weight is 344 g/mol. The summed E-state index contributed by atoms with van der Waals surface area (Å²) in [5, 5.41) is 0. The Morgan fingerprint density at radius 1 is 1.35 bits per heavy atom. The normalized spacial score (nSPS) is 12.2. The molecule has 0 amide bonds. The zero-order valence-corrected chi connectivity index (χ0v) is 12.1. The molecule has 4 nitrogen and oxygen atoms in total. The van der Waals surface area contributed by atoms with E-state index in [0.717, 1.165) is 0 Å². The van der Waals surface area contributed by atoms with Gasteiger partial charge < -0.3 is 4.74 Å². The minimum Gasteiger partial charge on any atom is -0.495 e. The molecule has 7 heteroatoms. The van der Waals surface area contributed by atoms with Crippen molar-refractivity contribution in [3.8, 4) is 5.75 Å². The Bertz CT molecular complexity index is 625. The van der Waals surface area contributed by atoms with Gasteiger partial charge in [0.1, 0.15) is 17.4 Å². The van der Waals surface area contributed by atoms with Gasteiger partial charge in [-0.1, -0.05) is 0 Å². The number of pyridine rings is 1. The van der Waals surface area contributed by atoms with Gasteiger partial charge in [-0.3, -0.25) is 10.8 Å². The van der Waals surface area contributed by atoms with Crippen molar-refractivity contribution < 1.29 is 13.5 Å². The number of nitrogens with zero attached hydrogens (tertiary/aromatic N) is 1. The van der Waals surface area contributed by atoms with Crippen molar-refractivity contribution in [2.75, 3.05) is 7.11 Å². The predicted molar refractivity (Wildman–Crippen MR) is 74.0 cm³/mol. The van der Waals surface area contributed by atoms with Crippen molar-refractivity contribution in [1.82, 2.24) is 10.4 Å². The third kappa shape index (κ3) is 2.65. The number of nitrogens with two attached hydrogens (primary N) is 1. The van der Waals surface area contributed by atoms with E-state index in [2.05, 4.69) is 26.3 Å². The van der Waals surface area contributed by atoms with Gasteiger partial charge in [-0.15, -0.1) is 0 Å². The Balaban J connectivity index is 2.62. The van der Waals surface area contributed by atoms with E-state index in [4.69, 9.17) is 10.6 Å². The number of hydrogen-bond donors (Lipinski definition) is 2. The molecule has 2 aromatic rings. The summed E-state index contributed by atoms with van der Waals surface area (Å²) in [5.74, 6) is 4.44. The number of aromatic nitrogens is 1.